The lowest BCUT2D eigenvalue weighted by Gasteiger charge is -2.11. The molecular formula is C16H22N2O5. The van der Waals surface area contributed by atoms with Gasteiger partial charge in [-0.1, -0.05) is 13.8 Å². The number of nitrogens with one attached hydrogen (secondary N) is 1. The summed E-state index contributed by atoms with van der Waals surface area (Å²) in [6.07, 6.45) is 0. The second-order valence-electron chi connectivity index (χ2n) is 5.40. The number of aliphatic imine (C=N–C) groups is 1. The zero-order valence-electron chi connectivity index (χ0n) is 13.6. The Bertz CT molecular complexity index is 572. The van der Waals surface area contributed by atoms with E-state index in [1.54, 1.807) is 25.3 Å². The van der Waals surface area contributed by atoms with Crippen LogP contribution >= 0.6 is 0 Å². The number of carbonyl (C=O) groups excluding carboxylic acids is 1. The van der Waals surface area contributed by atoms with E-state index in [0.29, 0.717) is 42.7 Å². The molecule has 0 spiro atoms. The van der Waals surface area contributed by atoms with Crippen molar-refractivity contribution < 1.29 is 23.7 Å². The van der Waals surface area contributed by atoms with Crippen molar-refractivity contribution in [2.75, 3.05) is 33.7 Å². The van der Waals surface area contributed by atoms with Crippen LogP contribution in [0.25, 0.3) is 0 Å². The van der Waals surface area contributed by atoms with Gasteiger partial charge in [0.05, 0.1) is 6.61 Å². The number of amidine groups is 1. The van der Waals surface area contributed by atoms with Gasteiger partial charge in [-0.15, -0.1) is 0 Å². The first-order valence-corrected chi connectivity index (χ1v) is 7.47. The number of fused-ring (bicyclic) bond motifs is 1. The van der Waals surface area contributed by atoms with Gasteiger partial charge in [0.1, 0.15) is 6.61 Å². The highest BCUT2D eigenvalue weighted by atomic mass is 16.7. The predicted molar refractivity (Wildman–Crippen MR) is 85.0 cm³/mol. The topological polar surface area (TPSA) is 78.4 Å². The van der Waals surface area contributed by atoms with Crippen LogP contribution in [0.5, 0.6) is 11.5 Å². The predicted octanol–water partition coefficient (Wildman–Crippen LogP) is 1.82. The van der Waals surface area contributed by atoms with Gasteiger partial charge in [0.25, 0.3) is 11.9 Å². The molecule has 7 nitrogen and oxygen atoms in total. The Kier molecular flexibility index (Phi) is 6.22. The van der Waals surface area contributed by atoms with Crippen LogP contribution in [0.2, 0.25) is 0 Å². The van der Waals surface area contributed by atoms with E-state index in [1.807, 2.05) is 13.8 Å². The normalized spacial score (nSPS) is 13.3. The molecule has 126 valence electrons. The van der Waals surface area contributed by atoms with Crippen molar-refractivity contribution >= 4 is 11.9 Å². The van der Waals surface area contributed by atoms with Crippen molar-refractivity contribution in [1.29, 1.82) is 0 Å². The van der Waals surface area contributed by atoms with Gasteiger partial charge in [0.15, 0.2) is 11.5 Å². The Morgan fingerprint density at radius 3 is 2.83 bits per heavy atom. The molecule has 1 N–H and O–H groups in total. The highest BCUT2D eigenvalue weighted by Crippen LogP contribution is 2.32. The molecule has 2 rings (SSSR count). The molecule has 1 heterocycles. The maximum Gasteiger partial charge on any atom is 0.291 e. The number of amides is 1. The monoisotopic (exact) mass is 322 g/mol. The summed E-state index contributed by atoms with van der Waals surface area (Å²) >= 11 is 0. The molecule has 0 atom stereocenters. The molecule has 0 unspecified atom stereocenters. The SMILES string of the molecule is COCCOC(=NCC(C)C)NC(=O)c1ccc2c(c1)OCO2. The number of methoxy groups -OCH3 is 1. The average molecular weight is 322 g/mol. The second kappa shape index (κ2) is 8.38. The molecule has 0 aliphatic carbocycles. The van der Waals surface area contributed by atoms with E-state index < -0.39 is 0 Å². The average Bonchev–Trinajstić information content (AvgIpc) is 2.99. The van der Waals surface area contributed by atoms with Gasteiger partial charge in [-0.2, -0.15) is 0 Å². The van der Waals surface area contributed by atoms with Gasteiger partial charge >= 0.3 is 0 Å². The maximum atomic E-state index is 12.3. The molecule has 1 aromatic carbocycles. The fraction of sp³-hybridized carbons (Fsp3) is 0.500. The van der Waals surface area contributed by atoms with Crippen LogP contribution < -0.4 is 14.8 Å². The first kappa shape index (κ1) is 17.1. The fourth-order valence-corrected chi connectivity index (χ4v) is 1.82. The first-order valence-electron chi connectivity index (χ1n) is 7.47. The largest absolute Gasteiger partial charge is 0.463 e. The minimum atomic E-state index is -0.316. The number of rotatable bonds is 6. The Labute approximate surface area is 135 Å². The number of hydrogen-bond acceptors (Lipinski definition) is 6. The van der Waals surface area contributed by atoms with E-state index in [9.17, 15) is 4.79 Å². The summed E-state index contributed by atoms with van der Waals surface area (Å²) in [6.45, 7) is 5.53. The van der Waals surface area contributed by atoms with Crippen LogP contribution in [0.4, 0.5) is 0 Å². The highest BCUT2D eigenvalue weighted by Gasteiger charge is 2.17. The van der Waals surface area contributed by atoms with Crippen LogP contribution in [0, 0.1) is 5.92 Å². The third-order valence-electron chi connectivity index (χ3n) is 2.98. The van der Waals surface area contributed by atoms with E-state index in [-0.39, 0.29) is 18.7 Å². The van der Waals surface area contributed by atoms with Gasteiger partial charge in [-0.3, -0.25) is 10.1 Å². The van der Waals surface area contributed by atoms with Gasteiger partial charge < -0.3 is 18.9 Å². The Balaban J connectivity index is 2.02. The molecule has 0 saturated carbocycles. The molecule has 1 amide bonds. The van der Waals surface area contributed by atoms with Crippen LogP contribution in [0.15, 0.2) is 23.2 Å². The third-order valence-corrected chi connectivity index (χ3v) is 2.98. The number of nitrogens with zero attached hydrogens (tertiary/aromatic N) is 1. The standard InChI is InChI=1S/C16H22N2O5/c1-11(2)9-17-16(21-7-6-20-3)18-15(19)12-4-5-13-14(8-12)23-10-22-13/h4-5,8,11H,6-7,9-10H2,1-3H3,(H,17,18,19). The molecule has 0 bridgehead atoms. The Morgan fingerprint density at radius 1 is 1.30 bits per heavy atom. The molecule has 1 aliphatic rings. The number of benzene rings is 1. The molecule has 0 saturated heterocycles. The number of ether oxygens (including phenoxy) is 4. The summed E-state index contributed by atoms with van der Waals surface area (Å²) in [5.41, 5.74) is 0.446. The van der Waals surface area contributed by atoms with Gasteiger partial charge in [0, 0.05) is 19.2 Å². The summed E-state index contributed by atoms with van der Waals surface area (Å²) in [4.78, 5) is 16.6. The van der Waals surface area contributed by atoms with Crippen LogP contribution in [-0.2, 0) is 9.47 Å². The number of carbonyl (C=O) groups is 1. The molecular weight excluding hydrogens is 300 g/mol. The highest BCUT2D eigenvalue weighted by molar-refractivity contribution is 6.04. The van der Waals surface area contributed by atoms with E-state index in [0.717, 1.165) is 0 Å². The minimum Gasteiger partial charge on any atom is -0.463 e. The summed E-state index contributed by atoms with van der Waals surface area (Å²) in [5, 5.41) is 2.68. The molecule has 7 heteroatoms. The van der Waals surface area contributed by atoms with Crippen molar-refractivity contribution in [3.05, 3.63) is 23.8 Å². The van der Waals surface area contributed by atoms with Gasteiger partial charge in [0.2, 0.25) is 6.79 Å². The third kappa shape index (κ3) is 5.14. The van der Waals surface area contributed by atoms with Crippen LogP contribution in [0.1, 0.15) is 24.2 Å². The van der Waals surface area contributed by atoms with Gasteiger partial charge in [-0.25, -0.2) is 4.99 Å². The quantitative estimate of drug-likeness (QED) is 0.491. The lowest BCUT2D eigenvalue weighted by molar-refractivity contribution is 0.0953. The van der Waals surface area contributed by atoms with Crippen molar-refractivity contribution in [1.82, 2.24) is 5.32 Å². The van der Waals surface area contributed by atoms with Crippen molar-refractivity contribution in [2.45, 2.75) is 13.8 Å². The zero-order chi connectivity index (χ0) is 16.7. The molecule has 0 aromatic heterocycles. The zero-order valence-corrected chi connectivity index (χ0v) is 13.6. The van der Waals surface area contributed by atoms with Crippen LogP contribution in [-0.4, -0.2) is 45.6 Å². The van der Waals surface area contributed by atoms with E-state index >= 15 is 0 Å². The summed E-state index contributed by atoms with van der Waals surface area (Å²) in [7, 11) is 1.58. The molecule has 23 heavy (non-hydrogen) atoms. The lowest BCUT2D eigenvalue weighted by atomic mass is 10.2. The molecule has 0 radical (unpaired) electrons. The Morgan fingerprint density at radius 2 is 2.09 bits per heavy atom. The van der Waals surface area contributed by atoms with Crippen LogP contribution in [0.3, 0.4) is 0 Å². The minimum absolute atomic E-state index is 0.168. The van der Waals surface area contributed by atoms with Crippen molar-refractivity contribution in [3.8, 4) is 11.5 Å². The lowest BCUT2D eigenvalue weighted by Crippen LogP contribution is -2.33. The van der Waals surface area contributed by atoms with E-state index in [1.165, 1.54) is 0 Å². The smallest absolute Gasteiger partial charge is 0.291 e. The second-order valence-corrected chi connectivity index (χ2v) is 5.40. The van der Waals surface area contributed by atoms with Crippen molar-refractivity contribution in [2.24, 2.45) is 10.9 Å². The first-order chi connectivity index (χ1) is 11.1. The summed E-state index contributed by atoms with van der Waals surface area (Å²) in [5.74, 6) is 1.23. The summed E-state index contributed by atoms with van der Waals surface area (Å²) < 4.78 is 20.9. The van der Waals surface area contributed by atoms with E-state index in [2.05, 4.69) is 10.3 Å². The fourth-order valence-electron chi connectivity index (χ4n) is 1.82. The van der Waals surface area contributed by atoms with E-state index in [4.69, 9.17) is 18.9 Å². The maximum absolute atomic E-state index is 12.3. The molecule has 0 fully saturated rings. The molecule has 1 aliphatic heterocycles. The van der Waals surface area contributed by atoms with Crippen molar-refractivity contribution in [3.63, 3.8) is 0 Å². The van der Waals surface area contributed by atoms with Gasteiger partial charge in [-0.05, 0) is 24.1 Å². The summed E-state index contributed by atoms with van der Waals surface area (Å²) in [6, 6.07) is 5.19. The molecule has 1 aromatic rings. The Hall–Kier alpha value is -2.28. The number of hydrogen-bond donors (Lipinski definition) is 1.